The number of halogens is 2. The number of anilines is 1. The molecule has 0 aliphatic rings. The summed E-state index contributed by atoms with van der Waals surface area (Å²) < 4.78 is 57.4. The molecule has 1 amide bonds. The van der Waals surface area contributed by atoms with Gasteiger partial charge in [-0.25, -0.2) is 17.2 Å². The van der Waals surface area contributed by atoms with Crippen molar-refractivity contribution in [2.24, 2.45) is 0 Å². The second-order valence-corrected chi connectivity index (χ2v) is 8.23. The number of carbonyl (C=O) groups is 1. The summed E-state index contributed by atoms with van der Waals surface area (Å²) >= 11 is 0. The van der Waals surface area contributed by atoms with Crippen LogP contribution in [-0.2, 0) is 14.8 Å². The number of sulfonamides is 1. The van der Waals surface area contributed by atoms with Gasteiger partial charge in [0.2, 0.25) is 15.9 Å². The second kappa shape index (κ2) is 9.01. The molecular weight excluding hydrogens is 390 g/mol. The Kier molecular flexibility index (Phi) is 6.95. The highest BCUT2D eigenvalue weighted by atomic mass is 32.2. The number of hydrogen-bond donors (Lipinski definition) is 1. The Balaban J connectivity index is 2.09. The first-order valence-electron chi connectivity index (χ1n) is 8.52. The number of nitrogens with zero attached hydrogens (tertiary/aromatic N) is 1. The molecule has 0 saturated heterocycles. The fourth-order valence-electron chi connectivity index (χ4n) is 2.57. The van der Waals surface area contributed by atoms with Crippen LogP contribution >= 0.6 is 0 Å². The molecule has 0 bridgehead atoms. The number of hydrogen-bond acceptors (Lipinski definition) is 4. The van der Waals surface area contributed by atoms with E-state index in [1.807, 2.05) is 18.2 Å². The minimum atomic E-state index is -3.93. The molecule has 0 aliphatic heterocycles. The van der Waals surface area contributed by atoms with Crippen molar-refractivity contribution in [2.45, 2.75) is 25.9 Å². The van der Waals surface area contributed by atoms with Crippen molar-refractivity contribution in [2.75, 3.05) is 17.2 Å². The first-order valence-corrected chi connectivity index (χ1v) is 10.4. The van der Waals surface area contributed by atoms with Gasteiger partial charge in [0.25, 0.3) is 0 Å². The molecule has 28 heavy (non-hydrogen) atoms. The van der Waals surface area contributed by atoms with E-state index in [-0.39, 0.29) is 12.3 Å². The lowest BCUT2D eigenvalue weighted by Crippen LogP contribution is -2.50. The van der Waals surface area contributed by atoms with E-state index < -0.39 is 39.6 Å². The summed E-state index contributed by atoms with van der Waals surface area (Å²) in [5, 5.41) is 2.66. The highest BCUT2D eigenvalue weighted by molar-refractivity contribution is 7.92. The summed E-state index contributed by atoms with van der Waals surface area (Å²) in [6.45, 7) is 3.24. The summed E-state index contributed by atoms with van der Waals surface area (Å²) in [4.78, 5) is 12.5. The van der Waals surface area contributed by atoms with E-state index in [0.29, 0.717) is 5.75 Å². The Morgan fingerprint density at radius 3 is 2.32 bits per heavy atom. The molecule has 2 aromatic rings. The number of para-hydroxylation sites is 1. The minimum Gasteiger partial charge on any atom is -0.491 e. The second-order valence-electron chi connectivity index (χ2n) is 6.37. The lowest BCUT2D eigenvalue weighted by atomic mass is 10.2. The van der Waals surface area contributed by atoms with E-state index in [4.69, 9.17) is 4.74 Å². The molecule has 9 heteroatoms. The molecule has 152 valence electrons. The lowest BCUT2D eigenvalue weighted by Gasteiger charge is -2.29. The number of benzene rings is 2. The Hall–Kier alpha value is -2.68. The van der Waals surface area contributed by atoms with Crippen molar-refractivity contribution in [3.05, 3.63) is 60.2 Å². The summed E-state index contributed by atoms with van der Waals surface area (Å²) in [5.41, 5.74) is -0.141. The van der Waals surface area contributed by atoms with Crippen molar-refractivity contribution in [3.8, 4) is 5.75 Å². The predicted octanol–water partition coefficient (Wildman–Crippen LogP) is 2.70. The average molecular weight is 412 g/mol. The van der Waals surface area contributed by atoms with Crippen LogP contribution in [0.4, 0.5) is 14.5 Å². The van der Waals surface area contributed by atoms with Gasteiger partial charge in [0, 0.05) is 6.07 Å². The smallest absolute Gasteiger partial charge is 0.243 e. The van der Waals surface area contributed by atoms with E-state index >= 15 is 0 Å². The first kappa shape index (κ1) is 21.6. The van der Waals surface area contributed by atoms with Gasteiger partial charge < -0.3 is 10.1 Å². The summed E-state index contributed by atoms with van der Waals surface area (Å²) in [6, 6.07) is 10.1. The Bertz CT molecular complexity index is 923. The monoisotopic (exact) mass is 412 g/mol. The van der Waals surface area contributed by atoms with Crippen molar-refractivity contribution >= 4 is 21.6 Å². The van der Waals surface area contributed by atoms with E-state index in [9.17, 15) is 22.0 Å². The summed E-state index contributed by atoms with van der Waals surface area (Å²) in [5.74, 6) is -2.28. The predicted molar refractivity (Wildman–Crippen MR) is 103 cm³/mol. The first-order chi connectivity index (χ1) is 13.1. The van der Waals surface area contributed by atoms with Gasteiger partial charge in [0.05, 0.1) is 18.0 Å². The molecule has 2 atom stereocenters. The van der Waals surface area contributed by atoms with Crippen LogP contribution in [-0.4, -0.2) is 39.3 Å². The van der Waals surface area contributed by atoms with Gasteiger partial charge in [-0.15, -0.1) is 0 Å². The lowest BCUT2D eigenvalue weighted by molar-refractivity contribution is -0.122. The zero-order valence-electron chi connectivity index (χ0n) is 15.7. The highest BCUT2D eigenvalue weighted by Crippen LogP contribution is 2.23. The van der Waals surface area contributed by atoms with Gasteiger partial charge in [0.15, 0.2) is 11.6 Å². The van der Waals surface area contributed by atoms with Crippen LogP contribution in [0.25, 0.3) is 0 Å². The fraction of sp³-hybridized carbons (Fsp3) is 0.316. The van der Waals surface area contributed by atoms with Crippen LogP contribution in [0.5, 0.6) is 5.75 Å². The fourth-order valence-corrected chi connectivity index (χ4v) is 3.74. The molecule has 1 N–H and O–H groups in total. The zero-order valence-corrected chi connectivity index (χ0v) is 16.5. The topological polar surface area (TPSA) is 75.7 Å². The standard InChI is InChI=1S/C19H22F2N2O4S/c1-13(12-27-16-7-5-4-6-8-16)22-19(24)14(2)23(28(3,25)26)15-9-10-17(20)18(21)11-15/h4-11,13-14H,12H2,1-3H3,(H,22,24)/t13-,14+/m1/s1. The number of carbonyl (C=O) groups excluding carboxylic acids is 1. The van der Waals surface area contributed by atoms with Crippen LogP contribution in [0.15, 0.2) is 48.5 Å². The molecular formula is C19H22F2N2O4S. The van der Waals surface area contributed by atoms with Crippen LogP contribution in [0, 0.1) is 11.6 Å². The number of rotatable bonds is 8. The molecule has 2 aromatic carbocycles. The van der Waals surface area contributed by atoms with Crippen LogP contribution in [0.3, 0.4) is 0 Å². The largest absolute Gasteiger partial charge is 0.491 e. The van der Waals surface area contributed by atoms with Gasteiger partial charge in [0.1, 0.15) is 18.4 Å². The van der Waals surface area contributed by atoms with Gasteiger partial charge >= 0.3 is 0 Å². The summed E-state index contributed by atoms with van der Waals surface area (Å²) in [7, 11) is -3.93. The Labute approximate surface area is 163 Å². The van der Waals surface area contributed by atoms with E-state index in [1.54, 1.807) is 19.1 Å². The van der Waals surface area contributed by atoms with Gasteiger partial charge in [-0.1, -0.05) is 18.2 Å². The maximum absolute atomic E-state index is 13.6. The number of amides is 1. The SMILES string of the molecule is C[C@H](COc1ccccc1)NC(=O)[C@H](C)N(c1ccc(F)c(F)c1)S(C)(=O)=O. The van der Waals surface area contributed by atoms with Gasteiger partial charge in [-0.05, 0) is 38.1 Å². The summed E-state index contributed by atoms with van der Waals surface area (Å²) in [6.07, 6.45) is 0.889. The molecule has 2 rings (SSSR count). The van der Waals surface area contributed by atoms with Crippen molar-refractivity contribution in [3.63, 3.8) is 0 Å². The molecule has 0 fully saturated rings. The normalized spacial score (nSPS) is 13.5. The highest BCUT2D eigenvalue weighted by Gasteiger charge is 2.30. The Morgan fingerprint density at radius 1 is 1.11 bits per heavy atom. The van der Waals surface area contributed by atoms with E-state index in [2.05, 4.69) is 5.32 Å². The molecule has 0 unspecified atom stereocenters. The van der Waals surface area contributed by atoms with E-state index in [1.165, 1.54) is 6.92 Å². The molecule has 0 saturated carbocycles. The molecule has 0 aliphatic carbocycles. The van der Waals surface area contributed by atoms with Crippen LogP contribution in [0.2, 0.25) is 0 Å². The molecule has 6 nitrogen and oxygen atoms in total. The average Bonchev–Trinajstić information content (AvgIpc) is 2.62. The molecule has 0 spiro atoms. The maximum atomic E-state index is 13.6. The minimum absolute atomic E-state index is 0.141. The van der Waals surface area contributed by atoms with Crippen molar-refractivity contribution in [1.82, 2.24) is 5.32 Å². The molecule has 0 aromatic heterocycles. The quantitative estimate of drug-likeness (QED) is 0.723. The van der Waals surface area contributed by atoms with E-state index in [0.717, 1.165) is 28.8 Å². The van der Waals surface area contributed by atoms with Crippen LogP contribution < -0.4 is 14.4 Å². The molecule has 0 radical (unpaired) electrons. The number of ether oxygens (including phenoxy) is 1. The third-order valence-electron chi connectivity index (χ3n) is 3.88. The van der Waals surface area contributed by atoms with Crippen molar-refractivity contribution < 1.29 is 26.7 Å². The Morgan fingerprint density at radius 2 is 1.75 bits per heavy atom. The third kappa shape index (κ3) is 5.66. The number of nitrogens with one attached hydrogen (secondary N) is 1. The molecule has 0 heterocycles. The van der Waals surface area contributed by atoms with Gasteiger partial charge in [-0.3, -0.25) is 9.10 Å². The van der Waals surface area contributed by atoms with Crippen LogP contribution in [0.1, 0.15) is 13.8 Å². The van der Waals surface area contributed by atoms with Crippen molar-refractivity contribution in [1.29, 1.82) is 0 Å². The third-order valence-corrected chi connectivity index (χ3v) is 5.12. The van der Waals surface area contributed by atoms with Gasteiger partial charge in [-0.2, -0.15) is 0 Å². The zero-order chi connectivity index (χ0) is 20.9. The maximum Gasteiger partial charge on any atom is 0.243 e.